The second-order valence-electron chi connectivity index (χ2n) is 8.90. The van der Waals surface area contributed by atoms with Crippen molar-refractivity contribution in [2.45, 2.75) is 39.7 Å². The molecule has 3 aromatic rings. The lowest BCUT2D eigenvalue weighted by Crippen LogP contribution is -2.41. The van der Waals surface area contributed by atoms with Crippen LogP contribution in [0, 0.1) is 12.3 Å². The molecule has 2 heterocycles. The second-order valence-corrected chi connectivity index (χ2v) is 10.1. The lowest BCUT2D eigenvalue weighted by molar-refractivity contribution is 0.0819. The standard InChI is InChI=1S/C22H25N5O4S/c1-10-24-12-6-8-22(2,3)20(19(12)32-10)26-14-13(17(29)18(14)30)25-11-7-9-23-15(16(11)28)21(31)27(4)5/h7,9,20,26,28H,6,8H2,1-5H3,(H,23,25)/t20-/m1/s1. The van der Waals surface area contributed by atoms with E-state index in [4.69, 9.17) is 0 Å². The molecular weight excluding hydrogens is 430 g/mol. The quantitative estimate of drug-likeness (QED) is 0.502. The van der Waals surface area contributed by atoms with E-state index in [1.165, 1.54) is 17.2 Å². The van der Waals surface area contributed by atoms with E-state index in [1.807, 2.05) is 6.92 Å². The van der Waals surface area contributed by atoms with E-state index in [0.29, 0.717) is 0 Å². The van der Waals surface area contributed by atoms with E-state index in [0.717, 1.165) is 28.4 Å². The van der Waals surface area contributed by atoms with Crippen LogP contribution in [0.5, 0.6) is 5.75 Å². The Hall–Kier alpha value is -3.27. The summed E-state index contributed by atoms with van der Waals surface area (Å²) in [5, 5.41) is 17.6. The highest BCUT2D eigenvalue weighted by molar-refractivity contribution is 7.11. The molecule has 3 N–H and O–H groups in total. The van der Waals surface area contributed by atoms with Crippen LogP contribution in [0.4, 0.5) is 17.1 Å². The summed E-state index contributed by atoms with van der Waals surface area (Å²) in [6.45, 7) is 6.19. The Labute approximate surface area is 188 Å². The van der Waals surface area contributed by atoms with E-state index < -0.39 is 16.8 Å². The lowest BCUT2D eigenvalue weighted by Gasteiger charge is -2.39. The number of aromatic hydroxyl groups is 1. The number of rotatable bonds is 5. The van der Waals surface area contributed by atoms with Gasteiger partial charge < -0.3 is 20.6 Å². The predicted molar refractivity (Wildman–Crippen MR) is 124 cm³/mol. The van der Waals surface area contributed by atoms with Crippen molar-refractivity contribution in [3.05, 3.63) is 54.0 Å². The number of fused-ring (bicyclic) bond motifs is 1. The summed E-state index contributed by atoms with van der Waals surface area (Å²) in [5.41, 5.74) is -0.228. The molecule has 10 heteroatoms. The van der Waals surface area contributed by atoms with E-state index in [-0.39, 0.29) is 40.0 Å². The fraction of sp³-hybridized carbons (Fsp3) is 0.409. The number of nitrogens with one attached hydrogen (secondary N) is 2. The molecule has 2 aromatic heterocycles. The maximum Gasteiger partial charge on any atom is 0.275 e. The fourth-order valence-electron chi connectivity index (χ4n) is 3.94. The number of anilines is 3. The van der Waals surface area contributed by atoms with Crippen molar-refractivity contribution in [2.24, 2.45) is 5.41 Å². The Morgan fingerprint density at radius 1 is 1.25 bits per heavy atom. The van der Waals surface area contributed by atoms with Gasteiger partial charge >= 0.3 is 0 Å². The molecule has 0 spiro atoms. The third-order valence-electron chi connectivity index (χ3n) is 5.88. The van der Waals surface area contributed by atoms with Crippen molar-refractivity contribution >= 4 is 34.3 Å². The molecule has 0 saturated carbocycles. The monoisotopic (exact) mass is 455 g/mol. The molecule has 4 rings (SSSR count). The first-order valence-corrected chi connectivity index (χ1v) is 11.1. The van der Waals surface area contributed by atoms with E-state index in [2.05, 4.69) is 34.4 Å². The number of aromatic nitrogens is 2. The van der Waals surface area contributed by atoms with Gasteiger partial charge in [-0.1, -0.05) is 13.8 Å². The number of pyridine rings is 1. The van der Waals surface area contributed by atoms with E-state index >= 15 is 0 Å². The molecule has 168 valence electrons. The molecule has 0 aliphatic heterocycles. The van der Waals surface area contributed by atoms with Crippen LogP contribution in [-0.4, -0.2) is 40.0 Å². The van der Waals surface area contributed by atoms with Crippen LogP contribution in [0.1, 0.15) is 52.4 Å². The number of nitrogens with zero attached hydrogens (tertiary/aromatic N) is 3. The molecule has 1 aliphatic carbocycles. The first kappa shape index (κ1) is 21.9. The summed E-state index contributed by atoms with van der Waals surface area (Å²) in [7, 11) is 3.09. The van der Waals surface area contributed by atoms with Gasteiger partial charge in [0.1, 0.15) is 11.4 Å². The number of carbonyl (C=O) groups excluding carboxylic acids is 1. The average Bonchev–Trinajstić information content (AvgIpc) is 3.12. The van der Waals surface area contributed by atoms with Crippen molar-refractivity contribution in [1.29, 1.82) is 0 Å². The van der Waals surface area contributed by atoms with Crippen molar-refractivity contribution in [2.75, 3.05) is 24.7 Å². The lowest BCUT2D eigenvalue weighted by atomic mass is 9.74. The van der Waals surface area contributed by atoms with Gasteiger partial charge in [0.15, 0.2) is 11.4 Å². The maximum atomic E-state index is 12.5. The molecule has 0 fully saturated rings. The van der Waals surface area contributed by atoms with Gasteiger partial charge in [-0.25, -0.2) is 9.97 Å². The molecule has 1 amide bonds. The molecule has 0 radical (unpaired) electrons. The molecule has 9 nitrogen and oxygen atoms in total. The van der Waals surface area contributed by atoms with Gasteiger partial charge in [-0.3, -0.25) is 14.4 Å². The van der Waals surface area contributed by atoms with Crippen molar-refractivity contribution in [3.63, 3.8) is 0 Å². The number of thiazole rings is 1. The smallest absolute Gasteiger partial charge is 0.275 e. The largest absolute Gasteiger partial charge is 0.504 e. The Morgan fingerprint density at radius 3 is 2.62 bits per heavy atom. The molecule has 1 aromatic carbocycles. The number of amides is 1. The Balaban J connectivity index is 1.68. The molecule has 0 saturated heterocycles. The fourth-order valence-corrected chi connectivity index (χ4v) is 5.18. The number of hydrogen-bond acceptors (Lipinski definition) is 9. The maximum absolute atomic E-state index is 12.5. The van der Waals surface area contributed by atoms with E-state index in [9.17, 15) is 19.5 Å². The van der Waals surface area contributed by atoms with Gasteiger partial charge in [0, 0.05) is 20.3 Å². The van der Waals surface area contributed by atoms with Gasteiger partial charge in [-0.2, -0.15) is 0 Å². The van der Waals surface area contributed by atoms with Crippen LogP contribution in [0.25, 0.3) is 0 Å². The molecule has 32 heavy (non-hydrogen) atoms. The zero-order valence-corrected chi connectivity index (χ0v) is 19.4. The summed E-state index contributed by atoms with van der Waals surface area (Å²) in [6, 6.07) is 1.26. The summed E-state index contributed by atoms with van der Waals surface area (Å²) in [4.78, 5) is 48.0. The van der Waals surface area contributed by atoms with Crippen LogP contribution in [0.3, 0.4) is 0 Å². The molecular formula is C22H25N5O4S. The van der Waals surface area contributed by atoms with Gasteiger partial charge in [0.05, 0.1) is 27.3 Å². The highest BCUT2D eigenvalue weighted by Crippen LogP contribution is 2.47. The minimum Gasteiger partial charge on any atom is -0.504 e. The van der Waals surface area contributed by atoms with Crippen LogP contribution in [0.15, 0.2) is 21.9 Å². The highest BCUT2D eigenvalue weighted by Gasteiger charge is 2.40. The van der Waals surface area contributed by atoms with Crippen molar-refractivity contribution < 1.29 is 9.90 Å². The zero-order valence-electron chi connectivity index (χ0n) is 18.6. The molecule has 0 bridgehead atoms. The van der Waals surface area contributed by atoms with Gasteiger partial charge in [-0.15, -0.1) is 11.3 Å². The normalized spacial score (nSPS) is 17.1. The Kier molecular flexibility index (Phi) is 5.28. The summed E-state index contributed by atoms with van der Waals surface area (Å²) < 4.78 is 0. The predicted octanol–water partition coefficient (Wildman–Crippen LogP) is 2.72. The first-order chi connectivity index (χ1) is 15.0. The van der Waals surface area contributed by atoms with Crippen LogP contribution >= 0.6 is 11.3 Å². The van der Waals surface area contributed by atoms with Crippen LogP contribution in [0.2, 0.25) is 0 Å². The molecule has 0 unspecified atom stereocenters. The minimum absolute atomic E-state index is 0.0592. The highest BCUT2D eigenvalue weighted by atomic mass is 32.1. The van der Waals surface area contributed by atoms with Crippen LogP contribution in [-0.2, 0) is 6.42 Å². The van der Waals surface area contributed by atoms with Gasteiger partial charge in [0.2, 0.25) is 0 Å². The molecule has 1 aliphatic rings. The SMILES string of the molecule is Cc1nc2c(s1)[C@@H](Nc1c(Nc3ccnc(C(=O)N(C)C)c3O)c(=O)c1=O)C(C)(C)CC2. The van der Waals surface area contributed by atoms with Gasteiger partial charge in [0.25, 0.3) is 16.8 Å². The minimum atomic E-state index is -0.682. The van der Waals surface area contributed by atoms with E-state index in [1.54, 1.807) is 25.4 Å². The average molecular weight is 456 g/mol. The Bertz CT molecular complexity index is 1290. The number of carbonyl (C=O) groups is 1. The number of aryl methyl sites for hydroxylation is 2. The van der Waals surface area contributed by atoms with Crippen molar-refractivity contribution in [3.8, 4) is 5.75 Å². The topological polar surface area (TPSA) is 125 Å². The number of hydrogen-bond donors (Lipinski definition) is 3. The third kappa shape index (κ3) is 3.54. The van der Waals surface area contributed by atoms with Gasteiger partial charge in [-0.05, 0) is 31.2 Å². The third-order valence-corrected chi connectivity index (χ3v) is 6.95. The van der Waals surface area contributed by atoms with Crippen molar-refractivity contribution in [1.82, 2.24) is 14.9 Å². The summed E-state index contributed by atoms with van der Waals surface area (Å²) in [6.07, 6.45) is 3.11. The summed E-state index contributed by atoms with van der Waals surface area (Å²) in [5.74, 6) is -0.866. The zero-order chi connectivity index (χ0) is 23.4. The molecule has 1 atom stereocenters. The Morgan fingerprint density at radius 2 is 1.94 bits per heavy atom. The van der Waals surface area contributed by atoms with Crippen LogP contribution < -0.4 is 21.5 Å². The first-order valence-electron chi connectivity index (χ1n) is 10.2. The second kappa shape index (κ2) is 7.70. The summed E-state index contributed by atoms with van der Waals surface area (Å²) >= 11 is 1.59.